The fourth-order valence-corrected chi connectivity index (χ4v) is 2.88. The van der Waals surface area contributed by atoms with E-state index in [4.69, 9.17) is 0 Å². The zero-order valence-electron chi connectivity index (χ0n) is 11.5. The Kier molecular flexibility index (Phi) is 4.60. The smallest absolute Gasteiger partial charge is 0.251 e. The van der Waals surface area contributed by atoms with E-state index in [9.17, 15) is 4.79 Å². The van der Waals surface area contributed by atoms with E-state index in [0.29, 0.717) is 12.1 Å². The summed E-state index contributed by atoms with van der Waals surface area (Å²) in [7, 11) is 0. The highest BCUT2D eigenvalue weighted by molar-refractivity contribution is 9.10. The van der Waals surface area contributed by atoms with Gasteiger partial charge in [-0.15, -0.1) is 11.3 Å². The lowest BCUT2D eigenvalue weighted by Gasteiger charge is -2.03. The molecule has 0 atom stereocenters. The molecule has 0 saturated heterocycles. The molecule has 0 bridgehead atoms. The molecule has 2 heterocycles. The number of benzene rings is 1. The van der Waals surface area contributed by atoms with Crippen LogP contribution < -0.4 is 5.32 Å². The molecule has 0 radical (unpaired) electrons. The molecule has 0 aliphatic carbocycles. The number of thiazole rings is 1. The molecule has 4 nitrogen and oxygen atoms in total. The maximum Gasteiger partial charge on any atom is 0.251 e. The Hall–Kier alpha value is -2.05. The number of nitrogens with one attached hydrogen (secondary N) is 1. The topological polar surface area (TPSA) is 54.9 Å². The molecule has 0 saturated carbocycles. The lowest BCUT2D eigenvalue weighted by Crippen LogP contribution is -2.22. The van der Waals surface area contributed by atoms with Gasteiger partial charge in [-0.1, -0.05) is 22.0 Å². The Morgan fingerprint density at radius 2 is 1.95 bits per heavy atom. The van der Waals surface area contributed by atoms with Crippen molar-refractivity contribution < 1.29 is 4.79 Å². The highest BCUT2D eigenvalue weighted by Gasteiger charge is 2.08. The lowest BCUT2D eigenvalue weighted by molar-refractivity contribution is 0.0951. The molecule has 6 heteroatoms. The highest BCUT2D eigenvalue weighted by atomic mass is 79.9. The van der Waals surface area contributed by atoms with Crippen molar-refractivity contribution in [2.75, 3.05) is 0 Å². The summed E-state index contributed by atoms with van der Waals surface area (Å²) >= 11 is 4.86. The average molecular weight is 374 g/mol. The summed E-state index contributed by atoms with van der Waals surface area (Å²) in [4.78, 5) is 20.8. The standard InChI is InChI=1S/C16H12BrN3OS/c17-12-6-4-11(5-7-12)16(21)19-9-15-20-14(10-22-15)13-3-1-2-8-18-13/h1-8,10H,9H2,(H,19,21). The molecule has 1 N–H and O–H groups in total. The highest BCUT2D eigenvalue weighted by Crippen LogP contribution is 2.19. The number of pyridine rings is 1. The van der Waals surface area contributed by atoms with Gasteiger partial charge in [0.05, 0.1) is 17.9 Å². The first-order valence-corrected chi connectivity index (χ1v) is 8.29. The van der Waals surface area contributed by atoms with Crippen molar-refractivity contribution in [1.82, 2.24) is 15.3 Å². The second kappa shape index (κ2) is 6.81. The van der Waals surface area contributed by atoms with E-state index in [1.165, 1.54) is 11.3 Å². The molecule has 0 aliphatic rings. The van der Waals surface area contributed by atoms with Crippen LogP contribution in [0.1, 0.15) is 15.4 Å². The minimum absolute atomic E-state index is 0.109. The molecular formula is C16H12BrN3OS. The van der Waals surface area contributed by atoms with Crippen LogP contribution in [0.2, 0.25) is 0 Å². The van der Waals surface area contributed by atoms with E-state index >= 15 is 0 Å². The van der Waals surface area contributed by atoms with Gasteiger partial charge < -0.3 is 5.32 Å². The molecule has 3 rings (SSSR count). The summed E-state index contributed by atoms with van der Waals surface area (Å²) in [6.07, 6.45) is 1.74. The predicted molar refractivity (Wildman–Crippen MR) is 90.7 cm³/mol. The van der Waals surface area contributed by atoms with Crippen LogP contribution in [0.3, 0.4) is 0 Å². The Labute approximate surface area is 140 Å². The van der Waals surface area contributed by atoms with Crippen molar-refractivity contribution in [1.29, 1.82) is 0 Å². The van der Waals surface area contributed by atoms with Crippen LogP contribution in [0, 0.1) is 0 Å². The van der Waals surface area contributed by atoms with Crippen LogP contribution >= 0.6 is 27.3 Å². The number of halogens is 1. The fourth-order valence-electron chi connectivity index (χ4n) is 1.88. The normalized spacial score (nSPS) is 10.4. The third-order valence-corrected chi connectivity index (χ3v) is 4.36. The maximum absolute atomic E-state index is 12.0. The zero-order chi connectivity index (χ0) is 15.4. The molecule has 1 amide bonds. The van der Waals surface area contributed by atoms with Gasteiger partial charge >= 0.3 is 0 Å². The molecule has 3 aromatic rings. The lowest BCUT2D eigenvalue weighted by atomic mass is 10.2. The SMILES string of the molecule is O=C(NCc1nc(-c2ccccn2)cs1)c1ccc(Br)cc1. The zero-order valence-corrected chi connectivity index (χ0v) is 13.9. The van der Waals surface area contributed by atoms with Crippen molar-refractivity contribution in [2.24, 2.45) is 0 Å². The summed E-state index contributed by atoms with van der Waals surface area (Å²) in [5.74, 6) is -0.109. The fraction of sp³-hybridized carbons (Fsp3) is 0.0625. The Morgan fingerprint density at radius 3 is 2.68 bits per heavy atom. The minimum Gasteiger partial charge on any atom is -0.346 e. The number of rotatable bonds is 4. The number of hydrogen-bond donors (Lipinski definition) is 1. The molecule has 0 unspecified atom stereocenters. The molecule has 2 aromatic heterocycles. The van der Waals surface area contributed by atoms with Gasteiger partial charge in [0.15, 0.2) is 0 Å². The second-order valence-electron chi connectivity index (χ2n) is 4.53. The number of nitrogens with zero attached hydrogens (tertiary/aromatic N) is 2. The van der Waals surface area contributed by atoms with Gasteiger partial charge in [0.2, 0.25) is 0 Å². The number of aromatic nitrogens is 2. The first-order valence-electron chi connectivity index (χ1n) is 6.62. The number of hydrogen-bond acceptors (Lipinski definition) is 4. The van der Waals surface area contributed by atoms with Crippen LogP contribution in [-0.2, 0) is 6.54 Å². The molecule has 0 aliphatic heterocycles. The molecular weight excluding hydrogens is 362 g/mol. The minimum atomic E-state index is -0.109. The van der Waals surface area contributed by atoms with Gasteiger partial charge in [0.25, 0.3) is 5.91 Å². The summed E-state index contributed by atoms with van der Waals surface area (Å²) < 4.78 is 0.948. The van der Waals surface area contributed by atoms with Crippen molar-refractivity contribution in [3.05, 3.63) is 69.1 Å². The monoisotopic (exact) mass is 373 g/mol. The predicted octanol–water partition coefficient (Wildman–Crippen LogP) is 3.90. The van der Waals surface area contributed by atoms with Crippen molar-refractivity contribution in [2.45, 2.75) is 6.54 Å². The van der Waals surface area contributed by atoms with E-state index in [-0.39, 0.29) is 5.91 Å². The summed E-state index contributed by atoms with van der Waals surface area (Å²) in [5.41, 5.74) is 2.30. The quantitative estimate of drug-likeness (QED) is 0.754. The van der Waals surface area contributed by atoms with Crippen LogP contribution in [0.15, 0.2) is 58.5 Å². The van der Waals surface area contributed by atoms with Gasteiger partial charge in [0.1, 0.15) is 5.01 Å². The summed E-state index contributed by atoms with van der Waals surface area (Å²) in [6, 6.07) is 13.0. The van der Waals surface area contributed by atoms with Crippen molar-refractivity contribution in [3.63, 3.8) is 0 Å². The van der Waals surface area contributed by atoms with Gasteiger partial charge in [0, 0.05) is 21.6 Å². The van der Waals surface area contributed by atoms with Gasteiger partial charge in [-0.05, 0) is 36.4 Å². The van der Waals surface area contributed by atoms with E-state index in [1.807, 2.05) is 35.7 Å². The first kappa shape index (κ1) is 14.9. The van der Waals surface area contributed by atoms with Crippen molar-refractivity contribution in [3.8, 4) is 11.4 Å². The number of carbonyl (C=O) groups excluding carboxylic acids is 1. The maximum atomic E-state index is 12.0. The molecule has 110 valence electrons. The number of amides is 1. The number of carbonyl (C=O) groups is 1. The largest absolute Gasteiger partial charge is 0.346 e. The molecule has 22 heavy (non-hydrogen) atoms. The summed E-state index contributed by atoms with van der Waals surface area (Å²) in [6.45, 7) is 0.409. The van der Waals surface area contributed by atoms with Crippen LogP contribution in [0.4, 0.5) is 0 Å². The Bertz CT molecular complexity index is 772. The van der Waals surface area contributed by atoms with Crippen molar-refractivity contribution >= 4 is 33.2 Å². The van der Waals surface area contributed by atoms with E-state index in [2.05, 4.69) is 31.2 Å². The third-order valence-electron chi connectivity index (χ3n) is 2.99. The Balaban J connectivity index is 1.64. The van der Waals surface area contributed by atoms with E-state index in [1.54, 1.807) is 18.3 Å². The summed E-state index contributed by atoms with van der Waals surface area (Å²) in [5, 5.41) is 5.67. The van der Waals surface area contributed by atoms with Gasteiger partial charge in [-0.2, -0.15) is 0 Å². The first-order chi connectivity index (χ1) is 10.7. The van der Waals surface area contributed by atoms with Gasteiger partial charge in [-0.3, -0.25) is 9.78 Å². The van der Waals surface area contributed by atoms with E-state index < -0.39 is 0 Å². The third kappa shape index (κ3) is 3.58. The molecule has 0 spiro atoms. The van der Waals surface area contributed by atoms with Crippen LogP contribution in [0.25, 0.3) is 11.4 Å². The second-order valence-corrected chi connectivity index (χ2v) is 6.39. The molecule has 1 aromatic carbocycles. The Morgan fingerprint density at radius 1 is 1.14 bits per heavy atom. The van der Waals surface area contributed by atoms with Crippen LogP contribution in [-0.4, -0.2) is 15.9 Å². The van der Waals surface area contributed by atoms with E-state index in [0.717, 1.165) is 20.9 Å². The van der Waals surface area contributed by atoms with Gasteiger partial charge in [-0.25, -0.2) is 4.98 Å². The van der Waals surface area contributed by atoms with Crippen LogP contribution in [0.5, 0.6) is 0 Å². The molecule has 0 fully saturated rings. The average Bonchev–Trinajstić information content (AvgIpc) is 3.03.